The minimum Gasteiger partial charge on any atom is -0.492 e. The lowest BCUT2D eigenvalue weighted by molar-refractivity contribution is 0.0773. The third-order valence-corrected chi connectivity index (χ3v) is 4.16. The largest absolute Gasteiger partial charge is 0.492 e. The second-order valence-electron chi connectivity index (χ2n) is 5.61. The number of likely N-dealkylation sites (N-methyl/N-ethyl adjacent to an activating group) is 1. The zero-order valence-electron chi connectivity index (χ0n) is 14.9. The van der Waals surface area contributed by atoms with Crippen molar-refractivity contribution in [3.8, 4) is 5.75 Å². The van der Waals surface area contributed by atoms with Crippen LogP contribution in [0, 0.1) is 0 Å². The Morgan fingerprint density at radius 2 is 1.96 bits per heavy atom. The van der Waals surface area contributed by atoms with Gasteiger partial charge in [-0.05, 0) is 44.2 Å². The Hall–Kier alpha value is -2.27. The molecule has 2 aromatic rings. The smallest absolute Gasteiger partial charge is 0.255 e. The summed E-state index contributed by atoms with van der Waals surface area (Å²) in [5, 5.41) is 0.626. The minimum atomic E-state index is -0.0757. The molecule has 1 heterocycles. The second kappa shape index (κ2) is 9.28. The summed E-state index contributed by atoms with van der Waals surface area (Å²) < 4.78 is 5.62. The van der Waals surface area contributed by atoms with Crippen LogP contribution in [0.3, 0.4) is 0 Å². The fraction of sp³-hybridized carbons (Fsp3) is 0.368. The Labute approximate surface area is 154 Å². The average molecular weight is 362 g/mol. The summed E-state index contributed by atoms with van der Waals surface area (Å²) >= 11 is 5.92. The van der Waals surface area contributed by atoms with Crippen molar-refractivity contribution in [2.75, 3.05) is 38.2 Å². The molecule has 134 valence electrons. The number of amides is 1. The topological polar surface area (TPSA) is 45.7 Å². The third kappa shape index (κ3) is 5.36. The maximum absolute atomic E-state index is 12.5. The Balaban J connectivity index is 1.88. The SMILES string of the molecule is CCN(CC)c1ccc(C(=O)N(C)CCOc2cccc(Cl)c2)cn1. The number of ether oxygens (including phenoxy) is 1. The van der Waals surface area contributed by atoms with Crippen molar-refractivity contribution in [1.29, 1.82) is 0 Å². The summed E-state index contributed by atoms with van der Waals surface area (Å²) in [4.78, 5) is 20.6. The lowest BCUT2D eigenvalue weighted by atomic mass is 10.2. The molecule has 0 atom stereocenters. The van der Waals surface area contributed by atoms with E-state index >= 15 is 0 Å². The summed E-state index contributed by atoms with van der Waals surface area (Å²) in [7, 11) is 1.75. The number of rotatable bonds is 8. The summed E-state index contributed by atoms with van der Waals surface area (Å²) in [5.41, 5.74) is 0.571. The molecular formula is C19H24ClN3O2. The van der Waals surface area contributed by atoms with E-state index in [4.69, 9.17) is 16.3 Å². The van der Waals surface area contributed by atoms with Crippen LogP contribution in [0.1, 0.15) is 24.2 Å². The van der Waals surface area contributed by atoms with E-state index in [1.807, 2.05) is 24.3 Å². The first-order chi connectivity index (χ1) is 12.0. The Morgan fingerprint density at radius 1 is 1.20 bits per heavy atom. The highest BCUT2D eigenvalue weighted by Crippen LogP contribution is 2.17. The first kappa shape index (κ1) is 19.1. The van der Waals surface area contributed by atoms with E-state index in [2.05, 4.69) is 23.7 Å². The van der Waals surface area contributed by atoms with E-state index in [-0.39, 0.29) is 5.91 Å². The quantitative estimate of drug-likeness (QED) is 0.718. The summed E-state index contributed by atoms with van der Waals surface area (Å²) in [6, 6.07) is 10.9. The van der Waals surface area contributed by atoms with Crippen LogP contribution < -0.4 is 9.64 Å². The van der Waals surface area contributed by atoms with Crippen LogP contribution in [0.5, 0.6) is 5.75 Å². The van der Waals surface area contributed by atoms with E-state index in [1.54, 1.807) is 30.3 Å². The van der Waals surface area contributed by atoms with Crippen molar-refractivity contribution in [3.63, 3.8) is 0 Å². The Bertz CT molecular complexity index is 687. The highest BCUT2D eigenvalue weighted by molar-refractivity contribution is 6.30. The zero-order chi connectivity index (χ0) is 18.2. The van der Waals surface area contributed by atoms with E-state index in [9.17, 15) is 4.79 Å². The molecule has 0 fully saturated rings. The molecule has 2 rings (SSSR count). The van der Waals surface area contributed by atoms with E-state index in [1.165, 1.54) is 0 Å². The van der Waals surface area contributed by atoms with Crippen LogP contribution in [0.4, 0.5) is 5.82 Å². The predicted molar refractivity (Wildman–Crippen MR) is 102 cm³/mol. The maximum Gasteiger partial charge on any atom is 0.255 e. The highest BCUT2D eigenvalue weighted by atomic mass is 35.5. The minimum absolute atomic E-state index is 0.0757. The van der Waals surface area contributed by atoms with Crippen molar-refractivity contribution in [3.05, 3.63) is 53.2 Å². The first-order valence-electron chi connectivity index (χ1n) is 8.40. The summed E-state index contributed by atoms with van der Waals surface area (Å²) in [5.74, 6) is 1.50. The maximum atomic E-state index is 12.5. The van der Waals surface area contributed by atoms with Crippen molar-refractivity contribution >= 4 is 23.3 Å². The van der Waals surface area contributed by atoms with Crippen LogP contribution in [0.25, 0.3) is 0 Å². The van der Waals surface area contributed by atoms with Crippen molar-refractivity contribution in [1.82, 2.24) is 9.88 Å². The number of benzene rings is 1. The number of pyridine rings is 1. The number of hydrogen-bond acceptors (Lipinski definition) is 4. The molecule has 0 aliphatic rings. The molecule has 0 radical (unpaired) electrons. The van der Waals surface area contributed by atoms with Gasteiger partial charge in [-0.3, -0.25) is 4.79 Å². The van der Waals surface area contributed by atoms with Gasteiger partial charge in [0.1, 0.15) is 18.2 Å². The Morgan fingerprint density at radius 3 is 2.56 bits per heavy atom. The van der Waals surface area contributed by atoms with Crippen molar-refractivity contribution in [2.45, 2.75) is 13.8 Å². The van der Waals surface area contributed by atoms with Gasteiger partial charge >= 0.3 is 0 Å². The van der Waals surface area contributed by atoms with E-state index in [0.717, 1.165) is 18.9 Å². The molecule has 6 heteroatoms. The molecule has 1 amide bonds. The molecule has 0 aliphatic heterocycles. The number of carbonyl (C=O) groups is 1. The average Bonchev–Trinajstić information content (AvgIpc) is 2.63. The van der Waals surface area contributed by atoms with Crippen LogP contribution in [0.2, 0.25) is 5.02 Å². The van der Waals surface area contributed by atoms with E-state index in [0.29, 0.717) is 29.5 Å². The van der Waals surface area contributed by atoms with Gasteiger partial charge in [-0.15, -0.1) is 0 Å². The van der Waals surface area contributed by atoms with Crippen molar-refractivity contribution < 1.29 is 9.53 Å². The number of aromatic nitrogens is 1. The van der Waals surface area contributed by atoms with Crippen molar-refractivity contribution in [2.24, 2.45) is 0 Å². The molecular weight excluding hydrogens is 338 g/mol. The normalized spacial score (nSPS) is 10.4. The molecule has 0 bridgehead atoms. The number of hydrogen-bond donors (Lipinski definition) is 0. The molecule has 0 saturated carbocycles. The Kier molecular flexibility index (Phi) is 7.07. The van der Waals surface area contributed by atoms with Gasteiger partial charge in [-0.1, -0.05) is 17.7 Å². The number of carbonyl (C=O) groups excluding carboxylic acids is 1. The standard InChI is InChI=1S/C19H24ClN3O2/c1-4-23(5-2)18-10-9-15(14-21-18)19(24)22(3)11-12-25-17-8-6-7-16(20)13-17/h6-10,13-14H,4-5,11-12H2,1-3H3. The van der Waals surface area contributed by atoms with Gasteiger partial charge in [0.25, 0.3) is 5.91 Å². The molecule has 0 saturated heterocycles. The van der Waals surface area contributed by atoms with E-state index < -0.39 is 0 Å². The molecule has 0 aliphatic carbocycles. The number of anilines is 1. The fourth-order valence-corrected chi connectivity index (χ4v) is 2.61. The van der Waals surface area contributed by atoms with Crippen LogP contribution in [-0.4, -0.2) is 49.1 Å². The molecule has 25 heavy (non-hydrogen) atoms. The first-order valence-corrected chi connectivity index (χ1v) is 8.77. The van der Waals surface area contributed by atoms with Gasteiger partial charge in [0.15, 0.2) is 0 Å². The van der Waals surface area contributed by atoms with Crippen LogP contribution in [-0.2, 0) is 0 Å². The fourth-order valence-electron chi connectivity index (χ4n) is 2.43. The van der Waals surface area contributed by atoms with Gasteiger partial charge < -0.3 is 14.5 Å². The third-order valence-electron chi connectivity index (χ3n) is 3.92. The van der Waals surface area contributed by atoms with Gasteiger partial charge in [0.2, 0.25) is 0 Å². The molecule has 1 aromatic heterocycles. The lowest BCUT2D eigenvalue weighted by Crippen LogP contribution is -2.31. The summed E-state index contributed by atoms with van der Waals surface area (Å²) in [6.45, 7) is 6.81. The molecule has 1 aromatic carbocycles. The van der Waals surface area contributed by atoms with Gasteiger partial charge in [-0.2, -0.15) is 0 Å². The number of nitrogens with zero attached hydrogens (tertiary/aromatic N) is 3. The monoisotopic (exact) mass is 361 g/mol. The van der Waals surface area contributed by atoms with Gasteiger partial charge in [0, 0.05) is 31.4 Å². The molecule has 0 unspecified atom stereocenters. The molecule has 5 nitrogen and oxygen atoms in total. The van der Waals surface area contributed by atoms with Gasteiger partial charge in [-0.25, -0.2) is 4.98 Å². The predicted octanol–water partition coefficient (Wildman–Crippen LogP) is 3.73. The second-order valence-corrected chi connectivity index (χ2v) is 6.05. The summed E-state index contributed by atoms with van der Waals surface area (Å²) in [6.07, 6.45) is 1.63. The van der Waals surface area contributed by atoms with Crippen LogP contribution >= 0.6 is 11.6 Å². The zero-order valence-corrected chi connectivity index (χ0v) is 15.7. The highest BCUT2D eigenvalue weighted by Gasteiger charge is 2.13. The van der Waals surface area contributed by atoms with Gasteiger partial charge in [0.05, 0.1) is 12.1 Å². The lowest BCUT2D eigenvalue weighted by Gasteiger charge is -2.21. The number of halogens is 1. The molecule has 0 spiro atoms. The van der Waals surface area contributed by atoms with Crippen LogP contribution in [0.15, 0.2) is 42.6 Å². The molecule has 0 N–H and O–H groups in total.